The van der Waals surface area contributed by atoms with Gasteiger partial charge in [0, 0.05) is 43.3 Å². The standard InChI is InChI=1S/C20H22N4O2/c21-10-7-19(25)22-15-16-8-13-24(14-9-16)20(26)17-3-5-18(6-4-17)23-11-1-2-12-23/h1-6,11-12,16H,7-9,13-15H2,(H,22,25). The molecule has 0 radical (unpaired) electrons. The average Bonchev–Trinajstić information content (AvgIpc) is 3.21. The largest absolute Gasteiger partial charge is 0.355 e. The zero-order valence-corrected chi connectivity index (χ0v) is 14.6. The lowest BCUT2D eigenvalue weighted by Crippen LogP contribution is -2.41. The highest BCUT2D eigenvalue weighted by Crippen LogP contribution is 2.19. The summed E-state index contributed by atoms with van der Waals surface area (Å²) < 4.78 is 2.00. The van der Waals surface area contributed by atoms with E-state index in [1.165, 1.54) is 0 Å². The lowest BCUT2D eigenvalue weighted by Gasteiger charge is -2.32. The summed E-state index contributed by atoms with van der Waals surface area (Å²) in [5.74, 6) is 0.183. The third-order valence-corrected chi connectivity index (χ3v) is 4.75. The SMILES string of the molecule is N#CCC(=O)NCC1CCN(C(=O)c2ccc(-n3cccc3)cc2)CC1. The van der Waals surface area contributed by atoms with Gasteiger partial charge in [0.05, 0.1) is 6.07 Å². The van der Waals surface area contributed by atoms with E-state index in [0.717, 1.165) is 18.5 Å². The van der Waals surface area contributed by atoms with Gasteiger partial charge in [-0.1, -0.05) is 0 Å². The van der Waals surface area contributed by atoms with E-state index in [4.69, 9.17) is 5.26 Å². The van der Waals surface area contributed by atoms with Crippen LogP contribution < -0.4 is 5.32 Å². The molecule has 0 atom stereocenters. The number of piperidine rings is 1. The highest BCUT2D eigenvalue weighted by molar-refractivity contribution is 5.94. The molecule has 1 aromatic heterocycles. The summed E-state index contributed by atoms with van der Waals surface area (Å²) >= 11 is 0. The van der Waals surface area contributed by atoms with E-state index in [1.54, 1.807) is 0 Å². The zero-order chi connectivity index (χ0) is 18.4. The van der Waals surface area contributed by atoms with Crippen molar-refractivity contribution >= 4 is 11.8 Å². The molecular formula is C20H22N4O2. The highest BCUT2D eigenvalue weighted by Gasteiger charge is 2.23. The van der Waals surface area contributed by atoms with E-state index in [9.17, 15) is 9.59 Å². The predicted octanol–water partition coefficient (Wildman–Crippen LogP) is 2.36. The van der Waals surface area contributed by atoms with Crippen LogP contribution in [0.1, 0.15) is 29.6 Å². The first kappa shape index (κ1) is 17.7. The lowest BCUT2D eigenvalue weighted by molar-refractivity contribution is -0.120. The predicted molar refractivity (Wildman–Crippen MR) is 97.6 cm³/mol. The average molecular weight is 350 g/mol. The molecule has 2 heterocycles. The Morgan fingerprint density at radius 3 is 2.38 bits per heavy atom. The van der Waals surface area contributed by atoms with Crippen LogP contribution in [-0.2, 0) is 4.79 Å². The summed E-state index contributed by atoms with van der Waals surface area (Å²) in [6, 6.07) is 13.4. The Morgan fingerprint density at radius 1 is 1.12 bits per heavy atom. The summed E-state index contributed by atoms with van der Waals surface area (Å²) in [6.07, 6.45) is 5.56. The molecule has 1 fully saturated rings. The van der Waals surface area contributed by atoms with Crippen LogP contribution in [0.4, 0.5) is 0 Å². The Labute approximate surface area is 153 Å². The topological polar surface area (TPSA) is 78.1 Å². The number of rotatable bonds is 5. The van der Waals surface area contributed by atoms with Crippen molar-refractivity contribution in [1.29, 1.82) is 5.26 Å². The van der Waals surface area contributed by atoms with E-state index in [2.05, 4.69) is 5.32 Å². The van der Waals surface area contributed by atoms with Crippen LogP contribution in [0.2, 0.25) is 0 Å². The van der Waals surface area contributed by atoms with Gasteiger partial charge in [0.1, 0.15) is 6.42 Å². The number of carbonyl (C=O) groups excluding carboxylic acids is 2. The summed E-state index contributed by atoms with van der Waals surface area (Å²) in [7, 11) is 0. The zero-order valence-electron chi connectivity index (χ0n) is 14.6. The first-order valence-corrected chi connectivity index (χ1v) is 8.83. The molecule has 1 saturated heterocycles. The molecule has 6 nitrogen and oxygen atoms in total. The van der Waals surface area contributed by atoms with Crippen LogP contribution >= 0.6 is 0 Å². The van der Waals surface area contributed by atoms with Gasteiger partial charge in [0.15, 0.2) is 0 Å². The van der Waals surface area contributed by atoms with Crippen molar-refractivity contribution in [3.8, 4) is 11.8 Å². The monoisotopic (exact) mass is 350 g/mol. The van der Waals surface area contributed by atoms with Gasteiger partial charge in [0.2, 0.25) is 5.91 Å². The normalized spacial score (nSPS) is 14.7. The molecule has 2 amide bonds. The summed E-state index contributed by atoms with van der Waals surface area (Å²) in [5.41, 5.74) is 1.72. The van der Waals surface area contributed by atoms with Gasteiger partial charge in [-0.15, -0.1) is 0 Å². The van der Waals surface area contributed by atoms with Crippen molar-refractivity contribution in [3.05, 3.63) is 54.4 Å². The number of likely N-dealkylation sites (tertiary alicyclic amines) is 1. The molecule has 3 rings (SSSR count). The minimum absolute atomic E-state index is 0.0519. The minimum Gasteiger partial charge on any atom is -0.355 e. The number of aromatic nitrogens is 1. The summed E-state index contributed by atoms with van der Waals surface area (Å²) in [4.78, 5) is 25.9. The Hall–Kier alpha value is -3.07. The van der Waals surface area contributed by atoms with Gasteiger partial charge in [-0.3, -0.25) is 9.59 Å². The fourth-order valence-electron chi connectivity index (χ4n) is 3.20. The number of nitrogens with one attached hydrogen (secondary N) is 1. The molecule has 1 aromatic carbocycles. The maximum atomic E-state index is 12.7. The lowest BCUT2D eigenvalue weighted by atomic mass is 9.96. The number of nitriles is 1. The molecule has 26 heavy (non-hydrogen) atoms. The minimum atomic E-state index is -0.228. The number of nitrogens with zero attached hydrogens (tertiary/aromatic N) is 3. The highest BCUT2D eigenvalue weighted by atomic mass is 16.2. The van der Waals surface area contributed by atoms with E-state index >= 15 is 0 Å². The van der Waals surface area contributed by atoms with Crippen molar-refractivity contribution in [2.75, 3.05) is 19.6 Å². The molecule has 1 aliphatic heterocycles. The number of benzene rings is 1. The Kier molecular flexibility index (Phi) is 5.69. The molecule has 6 heteroatoms. The third-order valence-electron chi connectivity index (χ3n) is 4.75. The Balaban J connectivity index is 1.50. The van der Waals surface area contributed by atoms with Crippen molar-refractivity contribution in [2.45, 2.75) is 19.3 Å². The van der Waals surface area contributed by atoms with Gasteiger partial charge in [0.25, 0.3) is 5.91 Å². The van der Waals surface area contributed by atoms with Crippen LogP contribution in [0.5, 0.6) is 0 Å². The molecule has 0 bridgehead atoms. The number of carbonyl (C=O) groups is 2. The Morgan fingerprint density at radius 2 is 1.77 bits per heavy atom. The Bertz CT molecular complexity index is 782. The number of hydrogen-bond acceptors (Lipinski definition) is 3. The second-order valence-corrected chi connectivity index (χ2v) is 6.51. The second-order valence-electron chi connectivity index (χ2n) is 6.51. The second kappa shape index (κ2) is 8.34. The van der Waals surface area contributed by atoms with Crippen molar-refractivity contribution < 1.29 is 9.59 Å². The van der Waals surface area contributed by atoms with Gasteiger partial charge in [-0.05, 0) is 55.2 Å². The van der Waals surface area contributed by atoms with Crippen LogP contribution in [0.3, 0.4) is 0 Å². The molecular weight excluding hydrogens is 328 g/mol. The third kappa shape index (κ3) is 4.31. The smallest absolute Gasteiger partial charge is 0.253 e. The van der Waals surface area contributed by atoms with Crippen molar-refractivity contribution in [2.24, 2.45) is 5.92 Å². The van der Waals surface area contributed by atoms with Gasteiger partial charge in [-0.2, -0.15) is 5.26 Å². The first-order chi connectivity index (χ1) is 12.7. The van der Waals surface area contributed by atoms with Crippen molar-refractivity contribution in [1.82, 2.24) is 14.8 Å². The maximum Gasteiger partial charge on any atom is 0.253 e. The van der Waals surface area contributed by atoms with Crippen LogP contribution in [0.25, 0.3) is 5.69 Å². The first-order valence-electron chi connectivity index (χ1n) is 8.83. The van der Waals surface area contributed by atoms with Gasteiger partial charge in [-0.25, -0.2) is 0 Å². The summed E-state index contributed by atoms with van der Waals surface area (Å²) in [6.45, 7) is 1.96. The fraction of sp³-hybridized carbons (Fsp3) is 0.350. The molecule has 0 spiro atoms. The van der Waals surface area contributed by atoms with Gasteiger partial charge < -0.3 is 14.8 Å². The quantitative estimate of drug-likeness (QED) is 0.899. The molecule has 0 unspecified atom stereocenters. The van der Waals surface area contributed by atoms with Crippen LogP contribution in [0, 0.1) is 17.2 Å². The van der Waals surface area contributed by atoms with E-state index in [-0.39, 0.29) is 18.2 Å². The molecule has 1 N–H and O–H groups in total. The van der Waals surface area contributed by atoms with E-state index in [0.29, 0.717) is 31.1 Å². The number of amides is 2. The fourth-order valence-corrected chi connectivity index (χ4v) is 3.20. The molecule has 134 valence electrons. The molecule has 2 aromatic rings. The van der Waals surface area contributed by atoms with E-state index in [1.807, 2.05) is 64.3 Å². The van der Waals surface area contributed by atoms with Crippen LogP contribution in [0.15, 0.2) is 48.8 Å². The molecule has 0 saturated carbocycles. The summed E-state index contributed by atoms with van der Waals surface area (Å²) in [5, 5.41) is 11.3. The number of hydrogen-bond donors (Lipinski definition) is 1. The molecule has 1 aliphatic rings. The maximum absolute atomic E-state index is 12.7. The van der Waals surface area contributed by atoms with Crippen LogP contribution in [-0.4, -0.2) is 40.9 Å². The van der Waals surface area contributed by atoms with Crippen molar-refractivity contribution in [3.63, 3.8) is 0 Å². The molecule has 0 aliphatic carbocycles. The van der Waals surface area contributed by atoms with E-state index < -0.39 is 0 Å². The van der Waals surface area contributed by atoms with Gasteiger partial charge >= 0.3 is 0 Å².